The number of ether oxygens (including phenoxy) is 1. The van der Waals surface area contributed by atoms with Crippen molar-refractivity contribution in [3.05, 3.63) is 91.0 Å². The van der Waals surface area contributed by atoms with Crippen LogP contribution in [0.2, 0.25) is 0 Å². The van der Waals surface area contributed by atoms with Gasteiger partial charge in [0, 0.05) is 0 Å². The molecule has 0 spiro atoms. The van der Waals surface area contributed by atoms with Crippen molar-refractivity contribution in [1.82, 2.24) is 0 Å². The van der Waals surface area contributed by atoms with Gasteiger partial charge in [-0.15, -0.1) is 0 Å². The van der Waals surface area contributed by atoms with Crippen molar-refractivity contribution >= 4 is 42.7 Å². The number of nitrogens with two attached hydrogens (primary N) is 1. The van der Waals surface area contributed by atoms with E-state index in [9.17, 15) is 4.79 Å². The summed E-state index contributed by atoms with van der Waals surface area (Å²) in [5.74, 6) is -0.340. The molecule has 0 saturated heterocycles. The molecule has 0 amide bonds. The van der Waals surface area contributed by atoms with Crippen LogP contribution in [0.1, 0.15) is 19.3 Å². The quantitative estimate of drug-likeness (QED) is 0.261. The zero-order valence-electron chi connectivity index (χ0n) is 17.1. The summed E-state index contributed by atoms with van der Waals surface area (Å²) in [6, 6.07) is 32.4. The van der Waals surface area contributed by atoms with E-state index in [1.165, 1.54) is 15.9 Å². The Morgan fingerprint density at radius 2 is 1.17 bits per heavy atom. The van der Waals surface area contributed by atoms with Crippen molar-refractivity contribution in [3.8, 4) is 0 Å². The Morgan fingerprint density at radius 3 is 1.57 bits per heavy atom. The van der Waals surface area contributed by atoms with Crippen molar-refractivity contribution in [2.24, 2.45) is 5.73 Å². The number of rotatable bonds is 10. The van der Waals surface area contributed by atoms with Gasteiger partial charge < -0.3 is 0 Å². The summed E-state index contributed by atoms with van der Waals surface area (Å²) in [4.78, 5) is 11.3. The Balaban J connectivity index is 1.97. The zero-order chi connectivity index (χ0) is 21.3. The molecule has 0 aromatic heterocycles. The number of carbonyl (C=O) groups is 1. The Bertz CT molecular complexity index is 836. The summed E-state index contributed by atoms with van der Waals surface area (Å²) in [5, 5.41) is 1.15. The average molecular weight is 486 g/mol. The second-order valence-corrected chi connectivity index (χ2v) is 16.5. The molecule has 3 aromatic carbocycles. The Morgan fingerprint density at radius 1 is 0.733 bits per heavy atom. The number of benzene rings is 3. The van der Waals surface area contributed by atoms with Gasteiger partial charge in [-0.1, -0.05) is 0 Å². The molecule has 0 aliphatic carbocycles. The Labute approximate surface area is 187 Å². The fraction of sp³-hybridized carbons (Fsp3) is 0.240. The second-order valence-electron chi connectivity index (χ2n) is 7.40. The van der Waals surface area contributed by atoms with Crippen LogP contribution in [0.3, 0.4) is 0 Å². The van der Waals surface area contributed by atoms with Gasteiger partial charge in [-0.3, -0.25) is 0 Å². The van der Waals surface area contributed by atoms with E-state index in [1.54, 1.807) is 0 Å². The molecule has 158 valence electrons. The molecule has 5 heteroatoms. The molecule has 0 radical (unpaired) electrons. The first kappa shape index (κ1) is 22.7. The van der Waals surface area contributed by atoms with Crippen molar-refractivity contribution in [1.29, 1.82) is 0 Å². The van der Waals surface area contributed by atoms with Gasteiger partial charge >= 0.3 is 188 Å². The van der Waals surface area contributed by atoms with Gasteiger partial charge in [0.25, 0.3) is 0 Å². The van der Waals surface area contributed by atoms with E-state index in [-0.39, 0.29) is 12.5 Å². The van der Waals surface area contributed by atoms with E-state index in [4.69, 9.17) is 10.5 Å². The van der Waals surface area contributed by atoms with Gasteiger partial charge in [0.1, 0.15) is 0 Å². The van der Waals surface area contributed by atoms with E-state index in [1.807, 2.05) is 0 Å². The molecule has 0 saturated carbocycles. The number of esters is 1. The van der Waals surface area contributed by atoms with E-state index in [0.29, 0.717) is 6.61 Å². The molecule has 0 bridgehead atoms. The molecule has 30 heavy (non-hydrogen) atoms. The molecule has 0 unspecified atom stereocenters. The standard InChI is InChI=1S/C25H29BrNO2P/c26-30(22-13-5-1-6-14-22,23-15-7-2-8-16-23,24-17-9-3-10-18-24)20-12-4-11-19-29-25(28)21-27/h1-3,5-10,13-18H,4,11-12,19-21,27H2. The maximum atomic E-state index is 11.3. The second kappa shape index (κ2) is 10.3. The van der Waals surface area contributed by atoms with Crippen LogP contribution in [0, 0.1) is 0 Å². The van der Waals surface area contributed by atoms with Crippen LogP contribution in [0.5, 0.6) is 0 Å². The topological polar surface area (TPSA) is 52.3 Å². The first-order chi connectivity index (χ1) is 14.6. The van der Waals surface area contributed by atoms with Gasteiger partial charge in [-0.25, -0.2) is 0 Å². The summed E-state index contributed by atoms with van der Waals surface area (Å²) in [6.45, 7) is 0.365. The summed E-state index contributed by atoms with van der Waals surface area (Å²) >= 11 is 4.45. The van der Waals surface area contributed by atoms with Crippen LogP contribution in [0.4, 0.5) is 0 Å². The summed E-state index contributed by atoms with van der Waals surface area (Å²) in [6.07, 6.45) is 3.83. The van der Waals surface area contributed by atoms with Crippen molar-refractivity contribution in [2.75, 3.05) is 19.3 Å². The molecule has 0 aliphatic heterocycles. The van der Waals surface area contributed by atoms with Gasteiger partial charge in [-0.2, -0.15) is 0 Å². The minimum atomic E-state index is -2.84. The molecule has 0 atom stereocenters. The molecule has 0 aliphatic rings. The van der Waals surface area contributed by atoms with Crippen molar-refractivity contribution in [2.45, 2.75) is 19.3 Å². The molecular formula is C25H29BrNO2P. The third-order valence-corrected chi connectivity index (χ3v) is 15.6. The molecule has 3 nitrogen and oxygen atoms in total. The van der Waals surface area contributed by atoms with Gasteiger partial charge in [-0.05, 0) is 0 Å². The first-order valence-electron chi connectivity index (χ1n) is 10.3. The van der Waals surface area contributed by atoms with Crippen LogP contribution in [0.15, 0.2) is 91.0 Å². The van der Waals surface area contributed by atoms with E-state index in [2.05, 4.69) is 106 Å². The number of halogens is 1. The summed E-state index contributed by atoms with van der Waals surface area (Å²) in [7, 11) is 0. The number of hydrogen-bond donors (Lipinski definition) is 1. The van der Waals surface area contributed by atoms with E-state index >= 15 is 0 Å². The molecule has 3 rings (SSSR count). The minimum absolute atomic E-state index is 0.0614. The molecule has 0 fully saturated rings. The summed E-state index contributed by atoms with van der Waals surface area (Å²) in [5.41, 5.74) is 5.31. The van der Waals surface area contributed by atoms with E-state index < -0.39 is 5.31 Å². The molecular weight excluding hydrogens is 457 g/mol. The fourth-order valence-corrected chi connectivity index (χ4v) is 11.7. The SMILES string of the molecule is NCC(=O)OCCCCCP(Br)(c1ccccc1)(c1ccccc1)c1ccccc1. The van der Waals surface area contributed by atoms with Crippen molar-refractivity contribution in [3.63, 3.8) is 0 Å². The number of unbranched alkanes of at least 4 members (excludes halogenated alkanes) is 2. The fourth-order valence-electron chi connectivity index (χ4n) is 3.98. The monoisotopic (exact) mass is 485 g/mol. The van der Waals surface area contributed by atoms with Crippen LogP contribution in [0.25, 0.3) is 0 Å². The van der Waals surface area contributed by atoms with Crippen LogP contribution in [-0.4, -0.2) is 25.3 Å². The predicted octanol–water partition coefficient (Wildman–Crippen LogP) is 4.50. The number of carbonyl (C=O) groups excluding carboxylic acids is 1. The zero-order valence-corrected chi connectivity index (χ0v) is 19.6. The van der Waals surface area contributed by atoms with Crippen LogP contribution < -0.4 is 21.6 Å². The normalized spacial score (nSPS) is 12.7. The average Bonchev–Trinajstić information content (AvgIpc) is 2.82. The predicted molar refractivity (Wildman–Crippen MR) is 133 cm³/mol. The van der Waals surface area contributed by atoms with Crippen LogP contribution >= 0.6 is 20.8 Å². The Hall–Kier alpha value is -2.00. The van der Waals surface area contributed by atoms with Crippen molar-refractivity contribution < 1.29 is 9.53 Å². The van der Waals surface area contributed by atoms with E-state index in [0.717, 1.165) is 25.4 Å². The first-order valence-corrected chi connectivity index (χ1v) is 14.8. The van der Waals surface area contributed by atoms with Gasteiger partial charge in [0.05, 0.1) is 0 Å². The molecule has 3 aromatic rings. The molecule has 0 heterocycles. The number of hydrogen-bond acceptors (Lipinski definition) is 3. The van der Waals surface area contributed by atoms with Gasteiger partial charge in [0.2, 0.25) is 0 Å². The van der Waals surface area contributed by atoms with Gasteiger partial charge in [0.15, 0.2) is 0 Å². The van der Waals surface area contributed by atoms with Crippen LogP contribution in [-0.2, 0) is 9.53 Å². The Kier molecular flexibility index (Phi) is 7.82. The maximum absolute atomic E-state index is 11.3. The molecule has 2 N–H and O–H groups in total. The third-order valence-electron chi connectivity index (χ3n) is 5.54. The summed E-state index contributed by atoms with van der Waals surface area (Å²) < 4.78 is 5.14. The third kappa shape index (κ3) is 4.67.